The number of hydrogen-bond donors (Lipinski definition) is 2. The lowest BCUT2D eigenvalue weighted by molar-refractivity contribution is -0.114. The van der Waals surface area contributed by atoms with Crippen LogP contribution in [0.1, 0.15) is 45.6 Å². The molecule has 3 rings (SSSR count). The minimum absolute atomic E-state index is 0.0125. The number of sulfonamides is 1. The van der Waals surface area contributed by atoms with Crippen LogP contribution in [-0.2, 0) is 21.2 Å². The summed E-state index contributed by atoms with van der Waals surface area (Å²) in [4.78, 5) is 16.0. The van der Waals surface area contributed by atoms with Crippen LogP contribution in [0.3, 0.4) is 0 Å². The first-order valence-electron chi connectivity index (χ1n) is 12.1. The zero-order valence-corrected chi connectivity index (χ0v) is 22.2. The Morgan fingerprint density at radius 1 is 1.08 bits per heavy atom. The molecule has 0 fully saturated rings. The van der Waals surface area contributed by atoms with Gasteiger partial charge in [0.15, 0.2) is 11.6 Å². The van der Waals surface area contributed by atoms with Crippen molar-refractivity contribution in [2.45, 2.75) is 51.3 Å². The van der Waals surface area contributed by atoms with E-state index in [-0.39, 0.29) is 22.2 Å². The highest BCUT2D eigenvalue weighted by Gasteiger charge is 2.20. The predicted molar refractivity (Wildman–Crippen MR) is 141 cm³/mol. The summed E-state index contributed by atoms with van der Waals surface area (Å²) in [5.74, 6) is 0.500. The Morgan fingerprint density at radius 2 is 1.81 bits per heavy atom. The number of hydrogen-bond acceptors (Lipinski definition) is 6. The number of anilines is 2. The van der Waals surface area contributed by atoms with Crippen LogP contribution < -0.4 is 19.5 Å². The van der Waals surface area contributed by atoms with E-state index in [2.05, 4.69) is 28.9 Å². The molecule has 0 saturated heterocycles. The Labute approximate surface area is 217 Å². The van der Waals surface area contributed by atoms with Gasteiger partial charge in [-0.25, -0.2) is 17.8 Å². The second-order valence-corrected chi connectivity index (χ2v) is 10.3. The van der Waals surface area contributed by atoms with E-state index in [1.54, 1.807) is 6.07 Å². The third kappa shape index (κ3) is 7.42. The number of rotatable bonds is 12. The third-order valence-corrected chi connectivity index (χ3v) is 7.25. The molecule has 198 valence electrons. The van der Waals surface area contributed by atoms with Gasteiger partial charge in [-0.05, 0) is 54.8 Å². The number of carbonyl (C=O) groups is 1. The molecular formula is C27H32FN3O5S. The summed E-state index contributed by atoms with van der Waals surface area (Å²) in [5.41, 5.74) is 0.727. The molecule has 1 unspecified atom stereocenters. The van der Waals surface area contributed by atoms with E-state index in [1.165, 1.54) is 56.6 Å². The number of carbonyl (C=O) groups excluding carboxylic acids is 1. The number of benzene rings is 2. The Morgan fingerprint density at radius 3 is 2.41 bits per heavy atom. The lowest BCUT2D eigenvalue weighted by Crippen LogP contribution is -2.14. The van der Waals surface area contributed by atoms with Crippen LogP contribution in [0, 0.1) is 11.7 Å². The molecule has 0 aliphatic carbocycles. The first kappa shape index (κ1) is 27.9. The molecule has 0 aliphatic heterocycles. The largest absolute Gasteiger partial charge is 0.497 e. The minimum atomic E-state index is -3.93. The van der Waals surface area contributed by atoms with Gasteiger partial charge in [-0.2, -0.15) is 0 Å². The van der Waals surface area contributed by atoms with E-state index in [0.717, 1.165) is 25.3 Å². The number of aromatic nitrogens is 1. The van der Waals surface area contributed by atoms with E-state index in [4.69, 9.17) is 9.47 Å². The van der Waals surface area contributed by atoms with Gasteiger partial charge in [-0.3, -0.25) is 9.52 Å². The highest BCUT2D eigenvalue weighted by Crippen LogP contribution is 2.35. The fourth-order valence-electron chi connectivity index (χ4n) is 3.92. The summed E-state index contributed by atoms with van der Waals surface area (Å²) in [6.07, 6.45) is 5.01. The molecule has 1 atom stereocenters. The van der Waals surface area contributed by atoms with Crippen LogP contribution in [0.4, 0.5) is 15.9 Å². The summed E-state index contributed by atoms with van der Waals surface area (Å²) in [6, 6.07) is 11.3. The number of methoxy groups -OCH3 is 1. The van der Waals surface area contributed by atoms with Crippen molar-refractivity contribution in [1.82, 2.24) is 4.98 Å². The van der Waals surface area contributed by atoms with E-state index in [1.807, 2.05) is 0 Å². The van der Waals surface area contributed by atoms with Crippen molar-refractivity contribution >= 4 is 27.4 Å². The Balaban J connectivity index is 1.86. The second-order valence-electron chi connectivity index (χ2n) is 8.61. The maximum atomic E-state index is 15.0. The average Bonchev–Trinajstić information content (AvgIpc) is 2.86. The first-order valence-corrected chi connectivity index (χ1v) is 13.5. The second kappa shape index (κ2) is 12.5. The molecular weight excluding hydrogens is 497 g/mol. The lowest BCUT2D eigenvalue weighted by Gasteiger charge is -2.19. The highest BCUT2D eigenvalue weighted by molar-refractivity contribution is 7.92. The van der Waals surface area contributed by atoms with Gasteiger partial charge in [-0.15, -0.1) is 0 Å². The maximum Gasteiger partial charge on any atom is 0.261 e. The third-order valence-electron chi connectivity index (χ3n) is 5.85. The van der Waals surface area contributed by atoms with Gasteiger partial charge in [0.2, 0.25) is 5.91 Å². The molecule has 3 aromatic rings. The summed E-state index contributed by atoms with van der Waals surface area (Å²) < 4.78 is 53.8. The van der Waals surface area contributed by atoms with E-state index >= 15 is 4.39 Å². The summed E-state index contributed by atoms with van der Waals surface area (Å²) >= 11 is 0. The molecule has 0 spiro atoms. The SMILES string of the molecule is CCCC(CC)Cc1c(Oc2ccc(NS(=O)(=O)c3ccc(OC)cc3)cc2F)ccnc1NC(C)=O. The number of nitrogens with one attached hydrogen (secondary N) is 2. The molecule has 0 aliphatic rings. The molecule has 2 N–H and O–H groups in total. The van der Waals surface area contributed by atoms with Crippen molar-refractivity contribution in [3.05, 3.63) is 66.1 Å². The summed E-state index contributed by atoms with van der Waals surface area (Å²) in [7, 11) is -2.45. The molecule has 2 aromatic carbocycles. The summed E-state index contributed by atoms with van der Waals surface area (Å²) in [6.45, 7) is 5.60. The number of ether oxygens (including phenoxy) is 2. The predicted octanol–water partition coefficient (Wildman–Crippen LogP) is 6.15. The van der Waals surface area contributed by atoms with Crippen molar-refractivity contribution in [2.24, 2.45) is 5.92 Å². The molecule has 37 heavy (non-hydrogen) atoms. The topological polar surface area (TPSA) is 107 Å². The zero-order valence-electron chi connectivity index (χ0n) is 21.4. The van der Waals surface area contributed by atoms with Gasteiger partial charge in [0.05, 0.1) is 17.7 Å². The molecule has 0 saturated carbocycles. The lowest BCUT2D eigenvalue weighted by atomic mass is 9.92. The Hall–Kier alpha value is -3.66. The molecule has 0 bridgehead atoms. The maximum absolute atomic E-state index is 15.0. The molecule has 8 nitrogen and oxygen atoms in total. The Bertz CT molecular complexity index is 1330. The highest BCUT2D eigenvalue weighted by atomic mass is 32.2. The monoisotopic (exact) mass is 529 g/mol. The van der Waals surface area contributed by atoms with Crippen LogP contribution in [-0.4, -0.2) is 26.4 Å². The quantitative estimate of drug-likeness (QED) is 0.291. The van der Waals surface area contributed by atoms with Gasteiger partial charge in [0.25, 0.3) is 10.0 Å². The molecule has 1 aromatic heterocycles. The van der Waals surface area contributed by atoms with E-state index in [9.17, 15) is 13.2 Å². The Kier molecular flexibility index (Phi) is 9.46. The van der Waals surface area contributed by atoms with Crippen molar-refractivity contribution < 1.29 is 27.1 Å². The van der Waals surface area contributed by atoms with Crippen LogP contribution in [0.25, 0.3) is 0 Å². The number of pyridine rings is 1. The fourth-order valence-corrected chi connectivity index (χ4v) is 4.97. The van der Waals surface area contributed by atoms with Crippen LogP contribution >= 0.6 is 0 Å². The smallest absolute Gasteiger partial charge is 0.261 e. The van der Waals surface area contributed by atoms with Gasteiger partial charge in [0, 0.05) is 24.8 Å². The molecule has 0 radical (unpaired) electrons. The van der Waals surface area contributed by atoms with E-state index < -0.39 is 15.8 Å². The van der Waals surface area contributed by atoms with Crippen LogP contribution in [0.2, 0.25) is 0 Å². The van der Waals surface area contributed by atoms with Crippen molar-refractivity contribution in [2.75, 3.05) is 17.1 Å². The minimum Gasteiger partial charge on any atom is -0.497 e. The van der Waals surface area contributed by atoms with Crippen molar-refractivity contribution in [3.63, 3.8) is 0 Å². The zero-order chi connectivity index (χ0) is 27.0. The molecule has 1 amide bonds. The van der Waals surface area contributed by atoms with E-state index in [0.29, 0.717) is 35.2 Å². The fraction of sp³-hybridized carbons (Fsp3) is 0.333. The number of nitrogens with zero attached hydrogens (tertiary/aromatic N) is 1. The average molecular weight is 530 g/mol. The van der Waals surface area contributed by atoms with Gasteiger partial charge < -0.3 is 14.8 Å². The van der Waals surface area contributed by atoms with Gasteiger partial charge >= 0.3 is 0 Å². The standard InChI is InChI=1S/C27H32FN3O5S/c1-5-7-19(6-2)16-23-25(14-15-29-27(23)30-18(3)32)36-26-13-8-20(17-24(26)28)31-37(33,34)22-11-9-21(35-4)10-12-22/h8-15,17,19,31H,5-7,16H2,1-4H3,(H,29,30,32). The normalized spacial score (nSPS) is 12.0. The van der Waals surface area contributed by atoms with Gasteiger partial charge in [0.1, 0.15) is 17.3 Å². The number of amides is 1. The van der Waals surface area contributed by atoms with Crippen LogP contribution in [0.5, 0.6) is 17.2 Å². The molecule has 1 heterocycles. The van der Waals surface area contributed by atoms with Crippen molar-refractivity contribution in [3.8, 4) is 17.2 Å². The van der Waals surface area contributed by atoms with Crippen molar-refractivity contribution in [1.29, 1.82) is 0 Å². The molecule has 10 heteroatoms. The van der Waals surface area contributed by atoms with Crippen LogP contribution in [0.15, 0.2) is 59.6 Å². The number of halogens is 1. The first-order chi connectivity index (χ1) is 17.7. The van der Waals surface area contributed by atoms with Gasteiger partial charge in [-0.1, -0.05) is 33.1 Å². The summed E-state index contributed by atoms with van der Waals surface area (Å²) in [5, 5.41) is 2.73.